The summed E-state index contributed by atoms with van der Waals surface area (Å²) < 4.78 is 25.9. The standard InChI is InChI=1S/C14H24N4O2S/c1-14(2)10-18(8-7-17(14)4)13-6-5-11(9-12(13)15)21(19,20)16-3/h5-6,9,16H,7-8,10,15H2,1-4H3. The second kappa shape index (κ2) is 5.47. The molecular weight excluding hydrogens is 288 g/mol. The van der Waals surface area contributed by atoms with E-state index in [1.54, 1.807) is 12.1 Å². The Morgan fingerprint density at radius 3 is 2.48 bits per heavy atom. The fourth-order valence-corrected chi connectivity index (χ4v) is 3.32. The predicted octanol–water partition coefficient (Wildman–Crippen LogP) is 0.707. The maximum Gasteiger partial charge on any atom is 0.240 e. The van der Waals surface area contributed by atoms with Crippen LogP contribution in [0.3, 0.4) is 0 Å². The Morgan fingerprint density at radius 2 is 1.95 bits per heavy atom. The zero-order chi connectivity index (χ0) is 15.8. The first-order chi connectivity index (χ1) is 9.67. The molecule has 0 unspecified atom stereocenters. The molecule has 0 bridgehead atoms. The van der Waals surface area contributed by atoms with E-state index in [0.29, 0.717) is 5.69 Å². The molecule has 21 heavy (non-hydrogen) atoms. The first kappa shape index (κ1) is 16.1. The Bertz CT molecular complexity index is 628. The van der Waals surface area contributed by atoms with E-state index >= 15 is 0 Å². The average molecular weight is 312 g/mol. The van der Waals surface area contributed by atoms with Crippen LogP contribution in [0.1, 0.15) is 13.8 Å². The Hall–Kier alpha value is -1.31. The van der Waals surface area contributed by atoms with Crippen LogP contribution in [0.15, 0.2) is 23.1 Å². The second-order valence-corrected chi connectivity index (χ2v) is 7.97. The SMILES string of the molecule is CNS(=O)(=O)c1ccc(N2CCN(C)C(C)(C)C2)c(N)c1. The number of nitrogens with one attached hydrogen (secondary N) is 1. The number of nitrogens with two attached hydrogens (primary N) is 1. The quantitative estimate of drug-likeness (QED) is 0.804. The molecule has 1 heterocycles. The largest absolute Gasteiger partial charge is 0.397 e. The Morgan fingerprint density at radius 1 is 1.29 bits per heavy atom. The fraction of sp³-hybridized carbons (Fsp3) is 0.571. The van der Waals surface area contributed by atoms with Crippen molar-refractivity contribution in [3.63, 3.8) is 0 Å². The van der Waals surface area contributed by atoms with Crippen LogP contribution >= 0.6 is 0 Å². The molecule has 0 aliphatic carbocycles. The zero-order valence-electron chi connectivity index (χ0n) is 13.0. The van der Waals surface area contributed by atoms with Gasteiger partial charge in [-0.1, -0.05) is 0 Å². The molecule has 1 aliphatic rings. The summed E-state index contributed by atoms with van der Waals surface area (Å²) >= 11 is 0. The summed E-state index contributed by atoms with van der Waals surface area (Å²) in [6.07, 6.45) is 0. The van der Waals surface area contributed by atoms with Gasteiger partial charge in [0, 0.05) is 25.2 Å². The van der Waals surface area contributed by atoms with Crippen LogP contribution in [-0.4, -0.2) is 52.6 Å². The third-order valence-corrected chi connectivity index (χ3v) is 5.65. The molecule has 118 valence electrons. The summed E-state index contributed by atoms with van der Waals surface area (Å²) in [6.45, 7) is 7.06. The molecule has 1 aromatic carbocycles. The van der Waals surface area contributed by atoms with Crippen LogP contribution in [0.5, 0.6) is 0 Å². The van der Waals surface area contributed by atoms with E-state index in [0.717, 1.165) is 25.3 Å². The van der Waals surface area contributed by atoms with Crippen molar-refractivity contribution in [3.8, 4) is 0 Å². The highest BCUT2D eigenvalue weighted by Gasteiger charge is 2.31. The van der Waals surface area contributed by atoms with Gasteiger partial charge in [0.15, 0.2) is 0 Å². The Balaban J connectivity index is 2.30. The van der Waals surface area contributed by atoms with Gasteiger partial charge in [0.2, 0.25) is 10.0 Å². The van der Waals surface area contributed by atoms with Crippen LogP contribution in [0.4, 0.5) is 11.4 Å². The van der Waals surface area contributed by atoms with E-state index in [4.69, 9.17) is 5.73 Å². The van der Waals surface area contributed by atoms with Gasteiger partial charge in [-0.2, -0.15) is 0 Å². The number of nitrogen functional groups attached to an aromatic ring is 1. The molecule has 1 saturated heterocycles. The molecule has 0 saturated carbocycles. The maximum atomic E-state index is 11.8. The number of anilines is 2. The molecule has 1 aliphatic heterocycles. The highest BCUT2D eigenvalue weighted by molar-refractivity contribution is 7.89. The van der Waals surface area contributed by atoms with Gasteiger partial charge < -0.3 is 10.6 Å². The molecule has 0 aromatic heterocycles. The lowest BCUT2D eigenvalue weighted by Gasteiger charge is -2.46. The molecule has 0 radical (unpaired) electrons. The average Bonchev–Trinajstić information content (AvgIpc) is 2.41. The monoisotopic (exact) mass is 312 g/mol. The smallest absolute Gasteiger partial charge is 0.240 e. The van der Waals surface area contributed by atoms with Crippen molar-refractivity contribution < 1.29 is 8.42 Å². The predicted molar refractivity (Wildman–Crippen MR) is 86.0 cm³/mol. The summed E-state index contributed by atoms with van der Waals surface area (Å²) in [6, 6.07) is 4.91. The summed E-state index contributed by atoms with van der Waals surface area (Å²) in [5, 5.41) is 0. The molecule has 0 spiro atoms. The van der Waals surface area contributed by atoms with Crippen molar-refractivity contribution in [2.24, 2.45) is 0 Å². The van der Waals surface area contributed by atoms with Gasteiger partial charge in [0.25, 0.3) is 0 Å². The van der Waals surface area contributed by atoms with Crippen LogP contribution < -0.4 is 15.4 Å². The lowest BCUT2D eigenvalue weighted by atomic mass is 9.99. The maximum absolute atomic E-state index is 11.8. The first-order valence-corrected chi connectivity index (χ1v) is 8.45. The number of likely N-dealkylation sites (N-methyl/N-ethyl adjacent to an activating group) is 1. The van der Waals surface area contributed by atoms with Crippen molar-refractivity contribution in [1.82, 2.24) is 9.62 Å². The highest BCUT2D eigenvalue weighted by atomic mass is 32.2. The van der Waals surface area contributed by atoms with Gasteiger partial charge in [-0.25, -0.2) is 13.1 Å². The number of benzene rings is 1. The third-order valence-electron chi connectivity index (χ3n) is 4.24. The van der Waals surface area contributed by atoms with Crippen LogP contribution in [0, 0.1) is 0 Å². The van der Waals surface area contributed by atoms with Gasteiger partial charge >= 0.3 is 0 Å². The van der Waals surface area contributed by atoms with E-state index in [2.05, 4.69) is 35.4 Å². The number of nitrogens with zero attached hydrogens (tertiary/aromatic N) is 2. The second-order valence-electron chi connectivity index (χ2n) is 6.08. The summed E-state index contributed by atoms with van der Waals surface area (Å²) in [5.41, 5.74) is 7.52. The van der Waals surface area contributed by atoms with Crippen molar-refractivity contribution in [1.29, 1.82) is 0 Å². The molecule has 7 heteroatoms. The van der Waals surface area contributed by atoms with Gasteiger partial charge in [0.1, 0.15) is 0 Å². The lowest BCUT2D eigenvalue weighted by molar-refractivity contribution is 0.139. The van der Waals surface area contributed by atoms with Crippen molar-refractivity contribution in [2.75, 3.05) is 44.4 Å². The minimum Gasteiger partial charge on any atom is -0.397 e. The molecule has 0 atom stereocenters. The van der Waals surface area contributed by atoms with E-state index in [-0.39, 0.29) is 10.4 Å². The van der Waals surface area contributed by atoms with Crippen molar-refractivity contribution in [2.45, 2.75) is 24.3 Å². The molecule has 2 rings (SSSR count). The Kier molecular flexibility index (Phi) is 4.19. The van der Waals surface area contributed by atoms with Gasteiger partial charge in [0.05, 0.1) is 16.3 Å². The number of hydrogen-bond acceptors (Lipinski definition) is 5. The summed E-state index contributed by atoms with van der Waals surface area (Å²) in [4.78, 5) is 4.73. The summed E-state index contributed by atoms with van der Waals surface area (Å²) in [5.74, 6) is 0. The number of hydrogen-bond donors (Lipinski definition) is 2. The molecule has 0 amide bonds. The van der Waals surface area contributed by atoms with E-state index in [1.807, 2.05) is 0 Å². The minimum absolute atomic E-state index is 0.0560. The molecule has 3 N–H and O–H groups in total. The lowest BCUT2D eigenvalue weighted by Crippen LogP contribution is -2.57. The van der Waals surface area contributed by atoms with Crippen LogP contribution in [0.2, 0.25) is 0 Å². The van der Waals surface area contributed by atoms with Crippen molar-refractivity contribution in [3.05, 3.63) is 18.2 Å². The van der Waals surface area contributed by atoms with Crippen molar-refractivity contribution >= 4 is 21.4 Å². The Labute approximate surface area is 127 Å². The highest BCUT2D eigenvalue weighted by Crippen LogP contribution is 2.30. The first-order valence-electron chi connectivity index (χ1n) is 6.96. The van der Waals surface area contributed by atoms with Crippen LogP contribution in [-0.2, 0) is 10.0 Å². The van der Waals surface area contributed by atoms with Gasteiger partial charge in [-0.3, -0.25) is 4.90 Å². The number of sulfonamides is 1. The van der Waals surface area contributed by atoms with Crippen LogP contribution in [0.25, 0.3) is 0 Å². The van der Waals surface area contributed by atoms with E-state index < -0.39 is 10.0 Å². The van der Waals surface area contributed by atoms with Gasteiger partial charge in [-0.05, 0) is 46.1 Å². The molecular formula is C14H24N4O2S. The van der Waals surface area contributed by atoms with E-state index in [1.165, 1.54) is 13.1 Å². The fourth-order valence-electron chi connectivity index (χ4n) is 2.55. The summed E-state index contributed by atoms with van der Waals surface area (Å²) in [7, 11) is 0.0491. The van der Waals surface area contributed by atoms with E-state index in [9.17, 15) is 8.42 Å². The normalized spacial score (nSPS) is 19.7. The number of rotatable bonds is 3. The molecule has 1 fully saturated rings. The van der Waals surface area contributed by atoms with Gasteiger partial charge in [-0.15, -0.1) is 0 Å². The number of piperazine rings is 1. The molecule has 1 aromatic rings. The topological polar surface area (TPSA) is 78.7 Å². The minimum atomic E-state index is -3.46. The zero-order valence-corrected chi connectivity index (χ0v) is 13.9. The third kappa shape index (κ3) is 3.14. The molecule has 6 nitrogen and oxygen atoms in total.